The third-order valence-electron chi connectivity index (χ3n) is 10.4. The summed E-state index contributed by atoms with van der Waals surface area (Å²) >= 11 is 9.80. The monoisotopic (exact) mass is 897 g/mol. The predicted molar refractivity (Wildman–Crippen MR) is 256 cm³/mol. The van der Waals surface area contributed by atoms with Gasteiger partial charge in [-0.05, 0) is 116 Å². The van der Waals surface area contributed by atoms with Crippen molar-refractivity contribution in [3.05, 3.63) is 135 Å². The number of nitrogens with zero attached hydrogens (tertiary/aromatic N) is 2. The fourth-order valence-corrected chi connectivity index (χ4v) is 9.13. The van der Waals surface area contributed by atoms with Crippen LogP contribution in [-0.2, 0) is 22.5 Å². The maximum absolute atomic E-state index is 11.1. The van der Waals surface area contributed by atoms with Crippen LogP contribution in [0.5, 0.6) is 5.75 Å². The maximum atomic E-state index is 11.1. The molecule has 0 unspecified atom stereocenters. The lowest BCUT2D eigenvalue weighted by Crippen LogP contribution is -2.21. The highest BCUT2D eigenvalue weighted by Gasteiger charge is 2.13. The third-order valence-corrected chi connectivity index (χ3v) is 13.0. The molecule has 330 valence electrons. The number of halogens is 1. The van der Waals surface area contributed by atoms with Crippen LogP contribution in [0.25, 0.3) is 16.1 Å². The number of aromatic nitrogens is 1. The molecule has 12 heteroatoms. The first kappa shape index (κ1) is 48.4. The predicted octanol–water partition coefficient (Wildman–Crippen LogP) is 12.4. The number of ether oxygens (including phenoxy) is 2. The van der Waals surface area contributed by atoms with Gasteiger partial charge in [0.2, 0.25) is 0 Å². The number of carboxylic acid groups (broad SMARTS) is 2. The summed E-state index contributed by atoms with van der Waals surface area (Å²) in [7, 11) is 2.10. The molecule has 0 radical (unpaired) electrons. The van der Waals surface area contributed by atoms with Crippen LogP contribution in [0.1, 0.15) is 95.4 Å². The number of aliphatic carboxylic acids is 1. The van der Waals surface area contributed by atoms with Gasteiger partial charge in [-0.25, -0.2) is 9.78 Å². The first-order valence-corrected chi connectivity index (χ1v) is 23.7. The number of aromatic carboxylic acids is 1. The van der Waals surface area contributed by atoms with Crippen LogP contribution in [0.15, 0.2) is 102 Å². The molecule has 0 aliphatic carbocycles. The van der Waals surface area contributed by atoms with E-state index in [1.807, 2.05) is 42.5 Å². The first-order valence-electron chi connectivity index (χ1n) is 21.5. The summed E-state index contributed by atoms with van der Waals surface area (Å²) in [6.45, 7) is 11.1. The van der Waals surface area contributed by atoms with Gasteiger partial charge in [0.1, 0.15) is 10.8 Å². The van der Waals surface area contributed by atoms with Crippen LogP contribution in [0.3, 0.4) is 0 Å². The largest absolute Gasteiger partial charge is 0.494 e. The number of rotatable bonds is 29. The molecular weight excluding hydrogens is 838 g/mol. The summed E-state index contributed by atoms with van der Waals surface area (Å²) in [6.07, 6.45) is 10.5. The molecule has 62 heavy (non-hydrogen) atoms. The summed E-state index contributed by atoms with van der Waals surface area (Å²) in [5, 5.41) is 23.2. The van der Waals surface area contributed by atoms with Crippen LogP contribution < -0.4 is 10.1 Å². The first-order chi connectivity index (χ1) is 30.0. The lowest BCUT2D eigenvalue weighted by Gasteiger charge is -2.16. The van der Waals surface area contributed by atoms with Crippen LogP contribution in [0.4, 0.5) is 5.69 Å². The second kappa shape index (κ2) is 26.1. The molecule has 5 rings (SSSR count). The average molecular weight is 899 g/mol. The van der Waals surface area contributed by atoms with Gasteiger partial charge < -0.3 is 25.0 Å². The van der Waals surface area contributed by atoms with Crippen LogP contribution >= 0.6 is 34.7 Å². The number of nitrogens with one attached hydrogen (secondary N) is 1. The van der Waals surface area contributed by atoms with Crippen molar-refractivity contribution in [1.29, 1.82) is 0 Å². The summed E-state index contributed by atoms with van der Waals surface area (Å²) in [5.41, 5.74) is 6.95. The SMILES string of the molecule is C=C(c1ccc(C(=O)O)cc1)c1cccc(NCCCOCCCCCCCCCCOc2ccc(-c3nc(CN(C)CCSc4ccc(CC(=O)O)cc4Cl)c(C)s3)cc2)c1. The summed E-state index contributed by atoms with van der Waals surface area (Å²) in [4.78, 5) is 31.5. The Balaban J connectivity index is 0.844. The molecule has 1 aromatic heterocycles. The lowest BCUT2D eigenvalue weighted by molar-refractivity contribution is -0.136. The minimum Gasteiger partial charge on any atom is -0.494 e. The highest BCUT2D eigenvalue weighted by Crippen LogP contribution is 2.31. The number of carbonyl (C=O) groups is 2. The van der Waals surface area contributed by atoms with Crippen LogP contribution in [0.2, 0.25) is 5.02 Å². The summed E-state index contributed by atoms with van der Waals surface area (Å²) in [6, 6.07) is 28.7. The number of anilines is 1. The fraction of sp³-hybridized carbons (Fsp3) is 0.380. The van der Waals surface area contributed by atoms with E-state index in [9.17, 15) is 9.59 Å². The smallest absolute Gasteiger partial charge is 0.335 e. The molecule has 0 spiro atoms. The molecule has 5 aromatic rings. The van der Waals surface area contributed by atoms with Crippen molar-refractivity contribution < 1.29 is 29.3 Å². The number of thioether (sulfide) groups is 1. The van der Waals surface area contributed by atoms with E-state index in [-0.39, 0.29) is 12.0 Å². The number of thiazole rings is 1. The molecule has 0 fully saturated rings. The standard InChI is InChI=1S/C50H60ClN3O6S2/c1-36(39-17-19-41(20-18-39)50(57)58)42-14-12-15-43(34-42)52-26-13-29-59-28-10-8-6-4-5-7-9-11-30-60-44-23-21-40(22-24-44)49-53-46(37(2)62-49)35-54(3)27-31-61-47-25-16-38(32-45(47)51)33-48(55)56/h12,14-25,32,34,52H,1,4-11,13,26-31,33,35H2,2-3H3,(H,55,56)(H,57,58). The second-order valence-corrected chi connectivity index (χ2v) is 18.2. The van der Waals surface area contributed by atoms with Gasteiger partial charge in [0.25, 0.3) is 0 Å². The zero-order valence-corrected chi connectivity index (χ0v) is 38.4. The fourth-order valence-electron chi connectivity index (χ4n) is 6.85. The molecule has 0 bridgehead atoms. The van der Waals surface area contributed by atoms with Gasteiger partial charge in [0, 0.05) is 59.6 Å². The molecule has 9 nitrogen and oxygen atoms in total. The van der Waals surface area contributed by atoms with E-state index >= 15 is 0 Å². The Hall–Kier alpha value is -4.65. The van der Waals surface area contributed by atoms with Crippen LogP contribution in [0, 0.1) is 6.92 Å². The number of hydrogen-bond donors (Lipinski definition) is 3. The van der Waals surface area contributed by atoms with Crippen molar-refractivity contribution in [2.45, 2.75) is 82.6 Å². The molecular formula is C50H60ClN3O6S2. The van der Waals surface area contributed by atoms with Crippen molar-refractivity contribution in [3.8, 4) is 16.3 Å². The topological polar surface area (TPSA) is 121 Å². The average Bonchev–Trinajstić information content (AvgIpc) is 3.63. The molecule has 0 saturated carbocycles. The van der Waals surface area contributed by atoms with Crippen molar-refractivity contribution >= 4 is 57.9 Å². The van der Waals surface area contributed by atoms with Gasteiger partial charge in [0.15, 0.2) is 0 Å². The lowest BCUT2D eigenvalue weighted by atomic mass is 9.98. The van der Waals surface area contributed by atoms with Gasteiger partial charge in [-0.1, -0.05) is 87.0 Å². The van der Waals surface area contributed by atoms with Crippen LogP contribution in [-0.4, -0.2) is 77.7 Å². The quantitative estimate of drug-likeness (QED) is 0.0316. The van der Waals surface area contributed by atoms with E-state index in [0.717, 1.165) is 114 Å². The molecule has 0 saturated heterocycles. The molecule has 1 heterocycles. The Morgan fingerprint density at radius 3 is 2.19 bits per heavy atom. The molecule has 4 aromatic carbocycles. The molecule has 0 aliphatic heterocycles. The Kier molecular flexibility index (Phi) is 20.4. The van der Waals surface area contributed by atoms with E-state index in [0.29, 0.717) is 10.6 Å². The number of unbranched alkanes of at least 4 members (excludes halogenated alkanes) is 7. The van der Waals surface area contributed by atoms with Gasteiger partial charge in [-0.2, -0.15) is 0 Å². The number of hydrogen-bond acceptors (Lipinski definition) is 9. The van der Waals surface area contributed by atoms with Gasteiger partial charge in [0.05, 0.1) is 29.3 Å². The Morgan fingerprint density at radius 2 is 1.50 bits per heavy atom. The Morgan fingerprint density at radius 1 is 0.823 bits per heavy atom. The van der Waals surface area contributed by atoms with Gasteiger partial charge in [-0.15, -0.1) is 23.1 Å². The van der Waals surface area contributed by atoms with E-state index in [1.54, 1.807) is 53.4 Å². The number of carboxylic acids is 2. The summed E-state index contributed by atoms with van der Waals surface area (Å²) in [5.74, 6) is -0.0392. The number of benzene rings is 4. The van der Waals surface area contributed by atoms with E-state index in [4.69, 9.17) is 36.3 Å². The minimum atomic E-state index is -0.934. The van der Waals surface area contributed by atoms with E-state index in [2.05, 4.69) is 49.0 Å². The van der Waals surface area contributed by atoms with E-state index < -0.39 is 11.9 Å². The number of aryl methyl sites for hydroxylation is 1. The van der Waals surface area contributed by atoms with Gasteiger partial charge in [-0.3, -0.25) is 9.69 Å². The van der Waals surface area contributed by atoms with Crippen molar-refractivity contribution in [2.75, 3.05) is 51.0 Å². The van der Waals surface area contributed by atoms with Crippen molar-refractivity contribution in [1.82, 2.24) is 9.88 Å². The molecule has 0 aliphatic rings. The molecule has 0 amide bonds. The normalized spacial score (nSPS) is 11.2. The second-order valence-electron chi connectivity index (χ2n) is 15.5. The summed E-state index contributed by atoms with van der Waals surface area (Å²) < 4.78 is 11.9. The zero-order valence-electron chi connectivity index (χ0n) is 36.0. The highest BCUT2D eigenvalue weighted by molar-refractivity contribution is 7.99. The van der Waals surface area contributed by atoms with Crippen molar-refractivity contribution in [3.63, 3.8) is 0 Å². The molecule has 3 N–H and O–H groups in total. The Bertz CT molecular complexity index is 2180. The minimum absolute atomic E-state index is 0.0269. The maximum Gasteiger partial charge on any atom is 0.335 e. The van der Waals surface area contributed by atoms with Gasteiger partial charge >= 0.3 is 11.9 Å². The van der Waals surface area contributed by atoms with E-state index in [1.165, 1.54) is 43.4 Å². The Labute approximate surface area is 380 Å². The highest BCUT2D eigenvalue weighted by atomic mass is 35.5. The zero-order chi connectivity index (χ0) is 44.1. The molecule has 0 atom stereocenters. The third kappa shape index (κ3) is 16.6. The van der Waals surface area contributed by atoms with Crippen molar-refractivity contribution in [2.24, 2.45) is 0 Å².